The number of thiophene rings is 1. The Kier molecular flexibility index (Phi) is 4.06. The van der Waals surface area contributed by atoms with Crippen molar-refractivity contribution in [3.05, 3.63) is 58.9 Å². The molecule has 0 spiro atoms. The fourth-order valence-corrected chi connectivity index (χ4v) is 2.65. The Hall–Kier alpha value is -2.80. The van der Waals surface area contributed by atoms with Gasteiger partial charge in [-0.1, -0.05) is 6.07 Å². The van der Waals surface area contributed by atoms with Gasteiger partial charge in [0, 0.05) is 22.8 Å². The van der Waals surface area contributed by atoms with Crippen molar-refractivity contribution in [2.24, 2.45) is 5.10 Å². The number of nitrogens with one attached hydrogen (secondary N) is 2. The Morgan fingerprint density at radius 1 is 1.41 bits per heavy atom. The molecule has 0 unspecified atom stereocenters. The highest BCUT2D eigenvalue weighted by atomic mass is 32.1. The SMILES string of the molecule is Cc1ccc(-c2cc(C(=O)N/N=C\c3cccnc3)n[nH]2)s1. The smallest absolute Gasteiger partial charge is 0.276 e. The number of aromatic amines is 1. The summed E-state index contributed by atoms with van der Waals surface area (Å²) in [5, 5.41) is 10.8. The van der Waals surface area contributed by atoms with E-state index in [2.05, 4.69) is 25.7 Å². The van der Waals surface area contributed by atoms with Gasteiger partial charge in [0.05, 0.1) is 16.8 Å². The first-order valence-electron chi connectivity index (χ1n) is 6.58. The zero-order chi connectivity index (χ0) is 15.4. The molecule has 0 fully saturated rings. The molecule has 7 heteroatoms. The summed E-state index contributed by atoms with van der Waals surface area (Å²) in [6.07, 6.45) is 4.86. The van der Waals surface area contributed by atoms with Gasteiger partial charge in [-0.2, -0.15) is 10.2 Å². The molecule has 110 valence electrons. The van der Waals surface area contributed by atoms with Crippen LogP contribution in [0.1, 0.15) is 20.9 Å². The number of hydrazone groups is 1. The molecule has 0 aliphatic heterocycles. The lowest BCUT2D eigenvalue weighted by atomic mass is 10.3. The molecule has 2 N–H and O–H groups in total. The Morgan fingerprint density at radius 3 is 3.05 bits per heavy atom. The third-order valence-corrected chi connectivity index (χ3v) is 3.91. The Labute approximate surface area is 130 Å². The number of H-pyrrole nitrogens is 1. The van der Waals surface area contributed by atoms with Gasteiger partial charge >= 0.3 is 0 Å². The summed E-state index contributed by atoms with van der Waals surface area (Å²) in [5.41, 5.74) is 4.36. The van der Waals surface area contributed by atoms with Crippen LogP contribution < -0.4 is 5.43 Å². The maximum Gasteiger partial charge on any atom is 0.291 e. The van der Waals surface area contributed by atoms with Crippen molar-refractivity contribution in [1.82, 2.24) is 20.6 Å². The van der Waals surface area contributed by atoms with Crippen LogP contribution in [0.25, 0.3) is 10.6 Å². The number of hydrogen-bond acceptors (Lipinski definition) is 5. The van der Waals surface area contributed by atoms with E-state index in [1.165, 1.54) is 11.1 Å². The van der Waals surface area contributed by atoms with E-state index < -0.39 is 0 Å². The van der Waals surface area contributed by atoms with Crippen LogP contribution in [-0.4, -0.2) is 27.3 Å². The average molecular weight is 311 g/mol. The van der Waals surface area contributed by atoms with Crippen LogP contribution in [0.3, 0.4) is 0 Å². The van der Waals surface area contributed by atoms with Crippen molar-refractivity contribution < 1.29 is 4.79 Å². The van der Waals surface area contributed by atoms with Gasteiger partial charge in [-0.15, -0.1) is 11.3 Å². The minimum Gasteiger partial charge on any atom is -0.276 e. The number of amides is 1. The largest absolute Gasteiger partial charge is 0.291 e. The molecule has 0 aromatic carbocycles. The first-order valence-corrected chi connectivity index (χ1v) is 7.40. The molecule has 0 saturated heterocycles. The van der Waals surface area contributed by atoms with Crippen molar-refractivity contribution >= 4 is 23.5 Å². The van der Waals surface area contributed by atoms with E-state index >= 15 is 0 Å². The molecule has 1 amide bonds. The van der Waals surface area contributed by atoms with E-state index in [9.17, 15) is 4.79 Å². The predicted molar refractivity (Wildman–Crippen MR) is 85.9 cm³/mol. The van der Waals surface area contributed by atoms with E-state index in [0.29, 0.717) is 5.69 Å². The number of pyridine rings is 1. The lowest BCUT2D eigenvalue weighted by molar-refractivity contribution is 0.0950. The molecule has 3 rings (SSSR count). The standard InChI is InChI=1S/C15H13N5OS/c1-10-4-5-14(22-10)12-7-13(19-18-12)15(21)20-17-9-11-3-2-6-16-8-11/h2-9H,1H3,(H,18,19)(H,20,21)/b17-9-. The highest BCUT2D eigenvalue weighted by Crippen LogP contribution is 2.26. The Morgan fingerprint density at radius 2 is 2.32 bits per heavy atom. The monoisotopic (exact) mass is 311 g/mol. The molecule has 0 radical (unpaired) electrons. The van der Waals surface area contributed by atoms with Crippen molar-refractivity contribution in [3.8, 4) is 10.6 Å². The third-order valence-electron chi connectivity index (χ3n) is 2.88. The van der Waals surface area contributed by atoms with E-state index in [4.69, 9.17) is 0 Å². The fourth-order valence-electron chi connectivity index (χ4n) is 1.82. The fraction of sp³-hybridized carbons (Fsp3) is 0.0667. The van der Waals surface area contributed by atoms with Gasteiger partial charge in [0.2, 0.25) is 0 Å². The van der Waals surface area contributed by atoms with Gasteiger partial charge in [-0.25, -0.2) is 5.43 Å². The molecule has 0 bridgehead atoms. The normalized spacial score (nSPS) is 11.0. The molecule has 3 aromatic rings. The molecular weight excluding hydrogens is 298 g/mol. The van der Waals surface area contributed by atoms with Crippen LogP contribution in [0.15, 0.2) is 47.8 Å². The Bertz CT molecular complexity index is 806. The summed E-state index contributed by atoms with van der Waals surface area (Å²) in [4.78, 5) is 18.2. The highest BCUT2D eigenvalue weighted by molar-refractivity contribution is 7.15. The summed E-state index contributed by atoms with van der Waals surface area (Å²) in [5.74, 6) is -0.365. The zero-order valence-electron chi connectivity index (χ0n) is 11.8. The first kappa shape index (κ1) is 14.2. The number of hydrogen-bond donors (Lipinski definition) is 2. The topological polar surface area (TPSA) is 83.0 Å². The highest BCUT2D eigenvalue weighted by Gasteiger charge is 2.11. The summed E-state index contributed by atoms with van der Waals surface area (Å²) in [6, 6.07) is 9.37. The van der Waals surface area contributed by atoms with Crippen molar-refractivity contribution in [2.45, 2.75) is 6.92 Å². The summed E-state index contributed by atoms with van der Waals surface area (Å²) in [7, 11) is 0. The summed E-state index contributed by atoms with van der Waals surface area (Å²) in [6.45, 7) is 2.03. The molecule has 22 heavy (non-hydrogen) atoms. The van der Waals surface area contributed by atoms with Gasteiger partial charge < -0.3 is 0 Å². The number of rotatable bonds is 4. The van der Waals surface area contributed by atoms with E-state index in [-0.39, 0.29) is 5.91 Å². The van der Waals surface area contributed by atoms with E-state index in [1.54, 1.807) is 35.9 Å². The van der Waals surface area contributed by atoms with Crippen LogP contribution in [0.5, 0.6) is 0 Å². The lowest BCUT2D eigenvalue weighted by Crippen LogP contribution is -2.18. The molecule has 0 aliphatic rings. The van der Waals surface area contributed by atoms with Gasteiger partial charge in [-0.05, 0) is 31.2 Å². The second-order valence-electron chi connectivity index (χ2n) is 4.56. The van der Waals surface area contributed by atoms with Gasteiger partial charge in [0.25, 0.3) is 5.91 Å². The average Bonchev–Trinajstić information content (AvgIpc) is 3.17. The van der Waals surface area contributed by atoms with Gasteiger partial charge in [0.15, 0.2) is 5.69 Å². The van der Waals surface area contributed by atoms with Crippen molar-refractivity contribution in [2.75, 3.05) is 0 Å². The molecular formula is C15H13N5OS. The molecule has 0 atom stereocenters. The predicted octanol–water partition coefficient (Wildman–Crippen LogP) is 2.61. The number of aromatic nitrogens is 3. The molecule has 3 heterocycles. The first-order chi connectivity index (χ1) is 10.7. The number of carbonyl (C=O) groups is 1. The number of aryl methyl sites for hydroxylation is 1. The summed E-state index contributed by atoms with van der Waals surface area (Å²) < 4.78 is 0. The maximum atomic E-state index is 12.0. The van der Waals surface area contributed by atoms with Crippen LogP contribution >= 0.6 is 11.3 Å². The van der Waals surface area contributed by atoms with Crippen molar-refractivity contribution in [1.29, 1.82) is 0 Å². The molecule has 0 aliphatic carbocycles. The molecule has 3 aromatic heterocycles. The molecule has 6 nitrogen and oxygen atoms in total. The van der Waals surface area contributed by atoms with Crippen LogP contribution in [0, 0.1) is 6.92 Å². The van der Waals surface area contributed by atoms with Gasteiger partial charge in [0.1, 0.15) is 0 Å². The summed E-state index contributed by atoms with van der Waals surface area (Å²) >= 11 is 1.64. The Balaban J connectivity index is 1.66. The maximum absolute atomic E-state index is 12.0. The number of nitrogens with zero attached hydrogens (tertiary/aromatic N) is 3. The lowest BCUT2D eigenvalue weighted by Gasteiger charge is -1.94. The minimum absolute atomic E-state index is 0.296. The van der Waals surface area contributed by atoms with Crippen LogP contribution in [0.2, 0.25) is 0 Å². The van der Waals surface area contributed by atoms with E-state index in [0.717, 1.165) is 16.1 Å². The second kappa shape index (κ2) is 6.31. The molecule has 0 saturated carbocycles. The van der Waals surface area contributed by atoms with Crippen LogP contribution in [-0.2, 0) is 0 Å². The van der Waals surface area contributed by atoms with E-state index in [1.807, 2.05) is 25.1 Å². The van der Waals surface area contributed by atoms with Crippen molar-refractivity contribution in [3.63, 3.8) is 0 Å². The zero-order valence-corrected chi connectivity index (χ0v) is 12.6. The second-order valence-corrected chi connectivity index (χ2v) is 5.85. The van der Waals surface area contributed by atoms with Gasteiger partial charge in [-0.3, -0.25) is 14.9 Å². The third kappa shape index (κ3) is 3.26. The quantitative estimate of drug-likeness (QED) is 0.574. The van der Waals surface area contributed by atoms with Crippen LogP contribution in [0.4, 0.5) is 0 Å². The number of carbonyl (C=O) groups excluding carboxylic acids is 1. The minimum atomic E-state index is -0.365.